The minimum atomic E-state index is 0.161. The van der Waals surface area contributed by atoms with E-state index in [4.69, 9.17) is 9.47 Å². The molecular formula is C25H27NO3. The predicted molar refractivity (Wildman–Crippen MR) is 113 cm³/mol. The number of allylic oxidation sites excluding steroid dienone is 1. The second-order valence-electron chi connectivity index (χ2n) is 8.51. The molecule has 2 unspecified atom stereocenters. The minimum Gasteiger partial charge on any atom is -0.487 e. The first-order valence-electron chi connectivity index (χ1n) is 10.6. The van der Waals surface area contributed by atoms with Gasteiger partial charge in [-0.15, -0.1) is 0 Å². The molecule has 4 heteroatoms. The van der Waals surface area contributed by atoms with Gasteiger partial charge in [0.15, 0.2) is 5.78 Å². The molecule has 2 atom stereocenters. The Labute approximate surface area is 172 Å². The Bertz CT molecular complexity index is 983. The molecule has 2 heterocycles. The summed E-state index contributed by atoms with van der Waals surface area (Å²) in [5, 5.41) is 0. The lowest BCUT2D eigenvalue weighted by Crippen LogP contribution is -2.46. The van der Waals surface area contributed by atoms with Gasteiger partial charge in [-0.3, -0.25) is 9.69 Å². The zero-order valence-electron chi connectivity index (χ0n) is 17.1. The molecule has 0 bridgehead atoms. The molecule has 2 aromatic rings. The molecule has 5 rings (SSSR count). The summed E-state index contributed by atoms with van der Waals surface area (Å²) in [5.41, 5.74) is 6.46. The first-order valence-corrected chi connectivity index (χ1v) is 10.6. The predicted octanol–water partition coefficient (Wildman–Crippen LogP) is 3.86. The fraction of sp³-hybridized carbons (Fsp3) is 0.400. The summed E-state index contributed by atoms with van der Waals surface area (Å²) in [6.45, 7) is 7.87. The third kappa shape index (κ3) is 3.52. The molecule has 0 amide bonds. The summed E-state index contributed by atoms with van der Waals surface area (Å²) in [7, 11) is 0. The van der Waals surface area contributed by atoms with Crippen LogP contribution in [0.3, 0.4) is 0 Å². The number of morpholine rings is 1. The smallest absolute Gasteiger partial charge is 0.171 e. The first-order chi connectivity index (χ1) is 14.1. The van der Waals surface area contributed by atoms with E-state index in [1.54, 1.807) is 0 Å². The van der Waals surface area contributed by atoms with Crippen molar-refractivity contribution in [3.8, 4) is 0 Å². The number of fused-ring (bicyclic) bond motifs is 2. The first kappa shape index (κ1) is 18.6. The van der Waals surface area contributed by atoms with Gasteiger partial charge in [0.1, 0.15) is 12.4 Å². The van der Waals surface area contributed by atoms with Crippen molar-refractivity contribution in [3.63, 3.8) is 0 Å². The van der Waals surface area contributed by atoms with Crippen LogP contribution in [0.15, 0.2) is 42.5 Å². The lowest BCUT2D eigenvalue weighted by atomic mass is 9.98. The second-order valence-corrected chi connectivity index (χ2v) is 8.51. The molecule has 2 aliphatic heterocycles. The van der Waals surface area contributed by atoms with E-state index in [-0.39, 0.29) is 5.78 Å². The summed E-state index contributed by atoms with van der Waals surface area (Å²) >= 11 is 0. The Morgan fingerprint density at radius 1 is 1.00 bits per heavy atom. The summed E-state index contributed by atoms with van der Waals surface area (Å²) in [4.78, 5) is 15.2. The number of hydrogen-bond acceptors (Lipinski definition) is 4. The van der Waals surface area contributed by atoms with Gasteiger partial charge in [-0.05, 0) is 37.0 Å². The molecule has 2 aromatic carbocycles. The maximum absolute atomic E-state index is 12.7. The number of Topliss-reactive ketones (excluding diaryl/α,β-unsaturated/α-hetero) is 1. The third-order valence-corrected chi connectivity index (χ3v) is 6.14. The summed E-state index contributed by atoms with van der Waals surface area (Å²) in [6, 6.07) is 14.6. The topological polar surface area (TPSA) is 38.8 Å². The highest BCUT2D eigenvalue weighted by Gasteiger charge is 2.32. The van der Waals surface area contributed by atoms with Gasteiger partial charge in [0.05, 0.1) is 17.8 Å². The van der Waals surface area contributed by atoms with Gasteiger partial charge in [-0.25, -0.2) is 0 Å². The highest BCUT2D eigenvalue weighted by molar-refractivity contribution is 6.31. The highest BCUT2D eigenvalue weighted by atomic mass is 16.5. The van der Waals surface area contributed by atoms with Gasteiger partial charge in [0.25, 0.3) is 0 Å². The molecule has 1 fully saturated rings. The van der Waals surface area contributed by atoms with Gasteiger partial charge in [-0.2, -0.15) is 0 Å². The zero-order chi connectivity index (χ0) is 20.0. The SMILES string of the molecule is CC1CN(CCc2ccc3c(c2)CO/C3=C2/C(=O)Cc3ccccc32)CC(C)O1. The molecular weight excluding hydrogens is 362 g/mol. The molecule has 1 saturated heterocycles. The number of ketones is 1. The van der Waals surface area contributed by atoms with Crippen LogP contribution in [0, 0.1) is 0 Å². The molecule has 29 heavy (non-hydrogen) atoms. The van der Waals surface area contributed by atoms with Gasteiger partial charge in [0.2, 0.25) is 0 Å². The fourth-order valence-electron chi connectivity index (χ4n) is 4.91. The normalized spacial score (nSPS) is 26.3. The van der Waals surface area contributed by atoms with Crippen LogP contribution < -0.4 is 0 Å². The Morgan fingerprint density at radius 3 is 2.62 bits per heavy atom. The van der Waals surface area contributed by atoms with E-state index in [0.29, 0.717) is 25.2 Å². The molecule has 0 radical (unpaired) electrons. The highest BCUT2D eigenvalue weighted by Crippen LogP contribution is 2.40. The molecule has 0 saturated carbocycles. The van der Waals surface area contributed by atoms with Crippen molar-refractivity contribution in [2.24, 2.45) is 0 Å². The van der Waals surface area contributed by atoms with Crippen molar-refractivity contribution in [2.75, 3.05) is 19.6 Å². The Hall–Kier alpha value is -2.43. The van der Waals surface area contributed by atoms with Crippen LogP contribution in [0.25, 0.3) is 11.3 Å². The lowest BCUT2D eigenvalue weighted by Gasteiger charge is -2.35. The second kappa shape index (κ2) is 7.43. The lowest BCUT2D eigenvalue weighted by molar-refractivity contribution is -0.112. The maximum atomic E-state index is 12.7. The molecule has 150 valence electrons. The van der Waals surface area contributed by atoms with Crippen molar-refractivity contribution < 1.29 is 14.3 Å². The van der Waals surface area contributed by atoms with Crippen LogP contribution in [0.4, 0.5) is 0 Å². The van der Waals surface area contributed by atoms with Crippen molar-refractivity contribution in [2.45, 2.75) is 45.5 Å². The summed E-state index contributed by atoms with van der Waals surface area (Å²) < 4.78 is 11.9. The fourth-order valence-corrected chi connectivity index (χ4v) is 4.91. The summed E-state index contributed by atoms with van der Waals surface area (Å²) in [6.07, 6.45) is 2.09. The van der Waals surface area contributed by atoms with E-state index in [0.717, 1.165) is 54.1 Å². The quantitative estimate of drug-likeness (QED) is 0.748. The number of carbonyl (C=O) groups excluding carboxylic acids is 1. The van der Waals surface area contributed by atoms with Crippen molar-refractivity contribution in [1.29, 1.82) is 0 Å². The number of rotatable bonds is 3. The average molecular weight is 389 g/mol. The molecule has 0 spiro atoms. The van der Waals surface area contributed by atoms with Crippen LogP contribution in [-0.2, 0) is 33.7 Å². The van der Waals surface area contributed by atoms with E-state index in [1.165, 1.54) is 11.1 Å². The molecule has 0 aromatic heterocycles. The Kier molecular flexibility index (Phi) is 4.76. The minimum absolute atomic E-state index is 0.161. The number of benzene rings is 2. The van der Waals surface area contributed by atoms with E-state index in [2.05, 4.69) is 36.9 Å². The molecule has 1 aliphatic carbocycles. The van der Waals surface area contributed by atoms with Crippen LogP contribution in [0.2, 0.25) is 0 Å². The zero-order valence-corrected chi connectivity index (χ0v) is 17.1. The van der Waals surface area contributed by atoms with Gasteiger partial charge >= 0.3 is 0 Å². The van der Waals surface area contributed by atoms with Crippen LogP contribution in [0.1, 0.15) is 41.7 Å². The number of ether oxygens (including phenoxy) is 2. The van der Waals surface area contributed by atoms with Crippen LogP contribution in [-0.4, -0.2) is 42.5 Å². The Balaban J connectivity index is 1.37. The molecule has 4 nitrogen and oxygen atoms in total. The van der Waals surface area contributed by atoms with Crippen LogP contribution in [0.5, 0.6) is 0 Å². The standard InChI is InChI=1S/C25H27NO3/c1-16-13-26(14-17(2)29-16)10-9-18-7-8-22-20(11-18)15-28-25(22)24-21-6-4-3-5-19(21)12-23(24)27/h3-8,11,16-17H,9-10,12-15H2,1-2H3/b25-24+. The van der Waals surface area contributed by atoms with Gasteiger partial charge in [0, 0.05) is 37.2 Å². The van der Waals surface area contributed by atoms with Gasteiger partial charge in [-0.1, -0.05) is 42.5 Å². The summed E-state index contributed by atoms with van der Waals surface area (Å²) in [5.74, 6) is 0.922. The third-order valence-electron chi connectivity index (χ3n) is 6.14. The number of hydrogen-bond donors (Lipinski definition) is 0. The van der Waals surface area contributed by atoms with Gasteiger partial charge < -0.3 is 9.47 Å². The number of nitrogens with zero attached hydrogens (tertiary/aromatic N) is 1. The average Bonchev–Trinajstić information content (AvgIpc) is 3.24. The van der Waals surface area contributed by atoms with E-state index < -0.39 is 0 Å². The van der Waals surface area contributed by atoms with Crippen molar-refractivity contribution >= 4 is 17.1 Å². The number of carbonyl (C=O) groups is 1. The van der Waals surface area contributed by atoms with Crippen molar-refractivity contribution in [3.05, 3.63) is 70.3 Å². The monoisotopic (exact) mass is 389 g/mol. The van der Waals surface area contributed by atoms with Crippen LogP contribution >= 0.6 is 0 Å². The van der Waals surface area contributed by atoms with E-state index >= 15 is 0 Å². The van der Waals surface area contributed by atoms with E-state index in [1.807, 2.05) is 24.3 Å². The molecule has 0 N–H and O–H groups in total. The van der Waals surface area contributed by atoms with Crippen molar-refractivity contribution in [1.82, 2.24) is 4.90 Å². The maximum Gasteiger partial charge on any atom is 0.171 e. The van der Waals surface area contributed by atoms with E-state index in [9.17, 15) is 4.79 Å². The Morgan fingerprint density at radius 2 is 1.79 bits per heavy atom. The largest absolute Gasteiger partial charge is 0.487 e. The molecule has 3 aliphatic rings.